The minimum Gasteiger partial charge on any atom is -0.330 e. The summed E-state index contributed by atoms with van der Waals surface area (Å²) in [7, 11) is 0. The minimum atomic E-state index is -0.713. The molecule has 0 aromatic carbocycles. The summed E-state index contributed by atoms with van der Waals surface area (Å²) in [4.78, 5) is 10.0. The molecule has 0 aromatic heterocycles. The maximum Gasteiger partial charge on any atom is 0.265 e. The molecular formula is C5H9N2O. The first-order valence-electron chi connectivity index (χ1n) is 2.32. The molecule has 0 rings (SSSR count). The Bertz CT molecular complexity index is 109. The molecule has 0 heterocycles. The number of nitrogens with one attached hydrogen (secondary N) is 1. The third-order valence-corrected chi connectivity index (χ3v) is 0.767. The average molecular weight is 113 g/mol. The lowest BCUT2D eigenvalue weighted by molar-refractivity contribution is -0.115. The summed E-state index contributed by atoms with van der Waals surface area (Å²) in [6, 6.07) is 0. The number of hydrogen-bond acceptors (Lipinski definition) is 2. The Kier molecular flexibility index (Phi) is 2.88. The average Bonchev–Trinajstić information content (AvgIpc) is 1.67. The van der Waals surface area contributed by atoms with Gasteiger partial charge >= 0.3 is 0 Å². The summed E-state index contributed by atoms with van der Waals surface area (Å²) in [6.45, 7) is 3.72. The van der Waals surface area contributed by atoms with Gasteiger partial charge in [0.25, 0.3) is 5.91 Å². The van der Waals surface area contributed by atoms with E-state index >= 15 is 0 Å². The van der Waals surface area contributed by atoms with E-state index in [1.807, 2.05) is 0 Å². The van der Waals surface area contributed by atoms with E-state index in [9.17, 15) is 4.79 Å². The fraction of sp³-hybridized carbons (Fsp3) is 0.400. The zero-order valence-corrected chi connectivity index (χ0v) is 4.61. The zero-order valence-electron chi connectivity index (χ0n) is 4.61. The molecule has 3 N–H and O–H groups in total. The van der Waals surface area contributed by atoms with Crippen LogP contribution in [0.3, 0.4) is 0 Å². The van der Waals surface area contributed by atoms with Crippen LogP contribution in [-0.2, 0) is 4.79 Å². The summed E-state index contributed by atoms with van der Waals surface area (Å²) < 4.78 is 0. The van der Waals surface area contributed by atoms with Gasteiger partial charge < -0.3 is 5.73 Å². The third-order valence-electron chi connectivity index (χ3n) is 0.767. The Labute approximate surface area is 48.4 Å². The summed E-state index contributed by atoms with van der Waals surface area (Å²) in [5.41, 5.74) is 11.8. The van der Waals surface area contributed by atoms with Gasteiger partial charge in [0.05, 0.1) is 0 Å². The number of rotatable bonds is 3. The van der Waals surface area contributed by atoms with Crippen molar-refractivity contribution in [1.82, 2.24) is 5.73 Å². The van der Waals surface area contributed by atoms with Crippen molar-refractivity contribution in [1.29, 1.82) is 0 Å². The SMILES string of the molecule is C=C(CCN)C([NH])=O. The third kappa shape index (κ3) is 2.36. The number of carbonyl (C=O) groups excluding carboxylic acids is 1. The lowest BCUT2D eigenvalue weighted by Gasteiger charge is -1.92. The predicted molar refractivity (Wildman–Crippen MR) is 30.9 cm³/mol. The standard InChI is InChI=1S/C5H9N2O/c1-4(2-3-6)5(7)8/h7H,1-3,6H2. The molecule has 3 heteroatoms. The van der Waals surface area contributed by atoms with E-state index in [0.29, 0.717) is 13.0 Å². The molecule has 0 aliphatic rings. The molecule has 0 aromatic rings. The van der Waals surface area contributed by atoms with E-state index < -0.39 is 5.91 Å². The molecule has 0 aliphatic carbocycles. The van der Waals surface area contributed by atoms with Crippen molar-refractivity contribution in [3.8, 4) is 0 Å². The summed E-state index contributed by atoms with van der Waals surface area (Å²) in [6.07, 6.45) is 0.433. The van der Waals surface area contributed by atoms with Gasteiger partial charge in [0, 0.05) is 5.57 Å². The van der Waals surface area contributed by atoms with Gasteiger partial charge in [-0.15, -0.1) is 0 Å². The fourth-order valence-electron chi connectivity index (χ4n) is 0.288. The van der Waals surface area contributed by atoms with Crippen LogP contribution in [0.4, 0.5) is 0 Å². The van der Waals surface area contributed by atoms with Crippen LogP contribution in [0.15, 0.2) is 12.2 Å². The quantitative estimate of drug-likeness (QED) is 0.510. The van der Waals surface area contributed by atoms with Crippen LogP contribution in [-0.4, -0.2) is 12.5 Å². The topological polar surface area (TPSA) is 66.9 Å². The summed E-state index contributed by atoms with van der Waals surface area (Å²) in [5, 5.41) is 0. The zero-order chi connectivity index (χ0) is 6.57. The van der Waals surface area contributed by atoms with E-state index in [-0.39, 0.29) is 5.57 Å². The highest BCUT2D eigenvalue weighted by molar-refractivity contribution is 5.90. The van der Waals surface area contributed by atoms with E-state index in [1.54, 1.807) is 0 Å². The molecule has 1 radical (unpaired) electrons. The van der Waals surface area contributed by atoms with Crippen molar-refractivity contribution < 1.29 is 4.79 Å². The normalized spacial score (nSPS) is 8.62. The van der Waals surface area contributed by atoms with Crippen LogP contribution in [0.1, 0.15) is 6.42 Å². The molecule has 0 fully saturated rings. The molecule has 0 saturated heterocycles. The first-order valence-corrected chi connectivity index (χ1v) is 2.32. The van der Waals surface area contributed by atoms with E-state index in [2.05, 4.69) is 6.58 Å². The molecular weight excluding hydrogens is 104 g/mol. The van der Waals surface area contributed by atoms with Crippen LogP contribution in [0.2, 0.25) is 0 Å². The van der Waals surface area contributed by atoms with Gasteiger partial charge in [0.15, 0.2) is 0 Å². The van der Waals surface area contributed by atoms with Crippen molar-refractivity contribution >= 4 is 5.91 Å². The van der Waals surface area contributed by atoms with Crippen LogP contribution in [0.25, 0.3) is 0 Å². The van der Waals surface area contributed by atoms with Gasteiger partial charge in [-0.2, -0.15) is 0 Å². The van der Waals surface area contributed by atoms with E-state index in [0.717, 1.165) is 0 Å². The van der Waals surface area contributed by atoms with Crippen molar-refractivity contribution in [2.75, 3.05) is 6.54 Å². The Hall–Kier alpha value is -0.830. The molecule has 1 amide bonds. The van der Waals surface area contributed by atoms with E-state index in [4.69, 9.17) is 11.5 Å². The number of hydrogen-bond donors (Lipinski definition) is 1. The highest BCUT2D eigenvalue weighted by Gasteiger charge is 1.97. The maximum absolute atomic E-state index is 10.0. The summed E-state index contributed by atoms with van der Waals surface area (Å²) >= 11 is 0. The van der Waals surface area contributed by atoms with Crippen molar-refractivity contribution in [2.45, 2.75) is 6.42 Å². The second-order valence-electron chi connectivity index (χ2n) is 1.47. The number of amides is 1. The molecule has 0 spiro atoms. The molecule has 0 bridgehead atoms. The lowest BCUT2D eigenvalue weighted by atomic mass is 10.2. The highest BCUT2D eigenvalue weighted by atomic mass is 16.1. The smallest absolute Gasteiger partial charge is 0.265 e. The first kappa shape index (κ1) is 7.17. The largest absolute Gasteiger partial charge is 0.330 e. The van der Waals surface area contributed by atoms with Gasteiger partial charge in [0.1, 0.15) is 0 Å². The second kappa shape index (κ2) is 3.21. The molecule has 8 heavy (non-hydrogen) atoms. The van der Waals surface area contributed by atoms with Crippen molar-refractivity contribution in [3.63, 3.8) is 0 Å². The van der Waals surface area contributed by atoms with Gasteiger partial charge in [-0.3, -0.25) is 10.5 Å². The number of nitrogens with two attached hydrogens (primary N) is 1. The minimum absolute atomic E-state index is 0.285. The molecule has 0 aliphatic heterocycles. The Balaban J connectivity index is 3.49. The maximum atomic E-state index is 10.0. The van der Waals surface area contributed by atoms with Crippen molar-refractivity contribution in [2.24, 2.45) is 5.73 Å². The molecule has 45 valence electrons. The van der Waals surface area contributed by atoms with Gasteiger partial charge in [-0.05, 0) is 13.0 Å². The molecule has 0 saturated carbocycles. The molecule has 3 nitrogen and oxygen atoms in total. The van der Waals surface area contributed by atoms with Crippen LogP contribution in [0, 0.1) is 0 Å². The Morgan fingerprint density at radius 1 is 1.75 bits per heavy atom. The highest BCUT2D eigenvalue weighted by Crippen LogP contribution is 1.92. The van der Waals surface area contributed by atoms with Crippen LogP contribution in [0.5, 0.6) is 0 Å². The molecule has 0 atom stereocenters. The van der Waals surface area contributed by atoms with Gasteiger partial charge in [0.2, 0.25) is 0 Å². The second-order valence-corrected chi connectivity index (χ2v) is 1.47. The van der Waals surface area contributed by atoms with Crippen LogP contribution < -0.4 is 11.5 Å². The lowest BCUT2D eigenvalue weighted by Crippen LogP contribution is -2.07. The van der Waals surface area contributed by atoms with Crippen LogP contribution >= 0.6 is 0 Å². The molecule has 0 unspecified atom stereocenters. The predicted octanol–water partition coefficient (Wildman–Crippen LogP) is -0.299. The van der Waals surface area contributed by atoms with Gasteiger partial charge in [-0.1, -0.05) is 6.58 Å². The first-order chi connectivity index (χ1) is 3.68. The van der Waals surface area contributed by atoms with E-state index in [1.165, 1.54) is 0 Å². The van der Waals surface area contributed by atoms with Gasteiger partial charge in [-0.25, -0.2) is 0 Å². The van der Waals surface area contributed by atoms with Crippen molar-refractivity contribution in [3.05, 3.63) is 12.2 Å². The Morgan fingerprint density at radius 2 is 2.25 bits per heavy atom. The summed E-state index contributed by atoms with van der Waals surface area (Å²) in [5.74, 6) is -0.713. The fourth-order valence-corrected chi connectivity index (χ4v) is 0.288. The Morgan fingerprint density at radius 3 is 2.38 bits per heavy atom. The monoisotopic (exact) mass is 113 g/mol. The number of carbonyl (C=O) groups is 1.